The van der Waals surface area contributed by atoms with Gasteiger partial charge >= 0.3 is 24.2 Å². The molecule has 0 fully saturated rings. The van der Waals surface area contributed by atoms with Gasteiger partial charge < -0.3 is 15.7 Å². The molecule has 1 atom stereocenters. The summed E-state index contributed by atoms with van der Waals surface area (Å²) < 4.78 is 35.2. The molecule has 132 valence electrons. The van der Waals surface area contributed by atoms with Crippen molar-refractivity contribution in [2.75, 3.05) is 0 Å². The summed E-state index contributed by atoms with van der Waals surface area (Å²) in [5, 5.41) is 9.09. The van der Waals surface area contributed by atoms with E-state index in [4.69, 9.17) is 10.8 Å². The molecule has 1 rings (SSSR count). The molecule has 1 aromatic carbocycles. The monoisotopic (exact) mass is 352 g/mol. The van der Waals surface area contributed by atoms with Crippen LogP contribution in [-0.2, 0) is 30.6 Å². The van der Waals surface area contributed by atoms with Crippen LogP contribution in [0.1, 0.15) is 5.56 Å². The summed E-state index contributed by atoms with van der Waals surface area (Å²) in [6.07, 6.45) is -7.15. The Kier molecular flexibility index (Phi) is 6.35. The van der Waals surface area contributed by atoms with E-state index >= 15 is 0 Å². The van der Waals surface area contributed by atoms with E-state index in [1.807, 2.05) is 0 Å². The van der Waals surface area contributed by atoms with Gasteiger partial charge in [0.05, 0.1) is 0 Å². The van der Waals surface area contributed by atoms with E-state index in [2.05, 4.69) is 14.6 Å². The summed E-state index contributed by atoms with van der Waals surface area (Å²) in [5.74, 6) is -3.90. The van der Waals surface area contributed by atoms with Crippen molar-refractivity contribution in [3.05, 3.63) is 29.8 Å². The van der Waals surface area contributed by atoms with Crippen molar-refractivity contribution >= 4 is 18.0 Å². The number of carbonyl (C=O) groups is 3. The number of halogens is 3. The number of amides is 1. The van der Waals surface area contributed by atoms with Crippen molar-refractivity contribution in [1.29, 1.82) is 0 Å². The first-order chi connectivity index (χ1) is 11.1. The molecule has 0 saturated heterocycles. The lowest BCUT2D eigenvalue weighted by atomic mass is 10.1. The van der Waals surface area contributed by atoms with Gasteiger partial charge in [-0.3, -0.25) is 0 Å². The van der Waals surface area contributed by atoms with Crippen molar-refractivity contribution in [1.82, 2.24) is 5.48 Å². The van der Waals surface area contributed by atoms with Crippen LogP contribution in [0.15, 0.2) is 24.3 Å². The van der Waals surface area contributed by atoms with E-state index in [0.29, 0.717) is 5.56 Å². The molecule has 0 aliphatic rings. The summed E-state index contributed by atoms with van der Waals surface area (Å²) in [4.78, 5) is 43.3. The second-order valence-electron chi connectivity index (χ2n) is 4.24. The predicted octanol–water partition coefficient (Wildman–Crippen LogP) is 0.467. The van der Waals surface area contributed by atoms with Gasteiger partial charge in [0.25, 0.3) is 0 Å². The third-order valence-electron chi connectivity index (χ3n) is 2.35. The number of benzene rings is 1. The number of nitrogens with two attached hydrogens (primary N) is 1. The van der Waals surface area contributed by atoms with Gasteiger partial charge in [0.2, 0.25) is 0 Å². The molecule has 0 bridgehead atoms. The van der Waals surface area contributed by atoms with E-state index in [0.717, 1.165) is 0 Å². The van der Waals surface area contributed by atoms with Crippen LogP contribution in [0.25, 0.3) is 0 Å². The molecule has 0 heterocycles. The molecule has 0 radical (unpaired) electrons. The van der Waals surface area contributed by atoms with Crippen molar-refractivity contribution in [2.24, 2.45) is 5.73 Å². The van der Waals surface area contributed by atoms with Gasteiger partial charge in [0.1, 0.15) is 11.8 Å². The highest BCUT2D eigenvalue weighted by Gasteiger charge is 2.43. The molecule has 9 nitrogen and oxygen atoms in total. The van der Waals surface area contributed by atoms with Crippen molar-refractivity contribution in [3.63, 3.8) is 0 Å². The fourth-order valence-corrected chi connectivity index (χ4v) is 1.28. The topological polar surface area (TPSA) is 137 Å². The van der Waals surface area contributed by atoms with Gasteiger partial charge in [0.15, 0.2) is 0 Å². The lowest BCUT2D eigenvalue weighted by Crippen LogP contribution is -2.39. The molecule has 1 amide bonds. The molecule has 0 aliphatic carbocycles. The van der Waals surface area contributed by atoms with Gasteiger partial charge in [0, 0.05) is 0 Å². The largest absolute Gasteiger partial charge is 0.508 e. The fourth-order valence-electron chi connectivity index (χ4n) is 1.28. The molecule has 0 spiro atoms. The molecule has 24 heavy (non-hydrogen) atoms. The normalized spacial score (nSPS) is 12.0. The number of aromatic hydroxyl groups is 1. The van der Waals surface area contributed by atoms with Crippen LogP contribution in [0, 0.1) is 0 Å². The zero-order valence-electron chi connectivity index (χ0n) is 11.7. The smallest absolute Gasteiger partial charge is 0.495 e. The van der Waals surface area contributed by atoms with Gasteiger partial charge in [-0.2, -0.15) is 13.2 Å². The van der Waals surface area contributed by atoms with Crippen LogP contribution < -0.4 is 11.2 Å². The summed E-state index contributed by atoms with van der Waals surface area (Å²) in [6, 6.07) is 4.46. The zero-order chi connectivity index (χ0) is 18.3. The first-order valence-electron chi connectivity index (χ1n) is 6.09. The zero-order valence-corrected chi connectivity index (χ0v) is 11.7. The molecule has 0 aromatic heterocycles. The number of phenolic OH excluding ortho intramolecular Hbond substituents is 1. The quantitative estimate of drug-likeness (QED) is 0.527. The average molecular weight is 352 g/mol. The summed E-state index contributed by atoms with van der Waals surface area (Å²) in [6.45, 7) is 0. The summed E-state index contributed by atoms with van der Waals surface area (Å²) in [7, 11) is 0. The molecule has 0 aliphatic heterocycles. The highest BCUT2D eigenvalue weighted by Crippen LogP contribution is 2.16. The number of carbonyl (C=O) groups excluding carboxylic acids is 3. The van der Waals surface area contributed by atoms with Gasteiger partial charge in [-0.25, -0.2) is 24.2 Å². The average Bonchev–Trinajstić information content (AvgIpc) is 2.51. The number of hydrogen-bond acceptors (Lipinski definition) is 8. The van der Waals surface area contributed by atoms with Crippen molar-refractivity contribution in [2.45, 2.75) is 18.6 Å². The van der Waals surface area contributed by atoms with E-state index in [1.165, 1.54) is 29.7 Å². The number of alkyl halides is 3. The minimum Gasteiger partial charge on any atom is -0.508 e. The predicted molar refractivity (Wildman–Crippen MR) is 67.6 cm³/mol. The fraction of sp³-hybridized carbons (Fsp3) is 0.250. The Labute approximate surface area is 132 Å². The van der Waals surface area contributed by atoms with Crippen LogP contribution in [0.2, 0.25) is 0 Å². The van der Waals surface area contributed by atoms with E-state index in [-0.39, 0.29) is 12.2 Å². The van der Waals surface area contributed by atoms with Crippen LogP contribution in [0.5, 0.6) is 5.75 Å². The first-order valence-corrected chi connectivity index (χ1v) is 6.09. The molecule has 12 heteroatoms. The second-order valence-corrected chi connectivity index (χ2v) is 4.24. The van der Waals surface area contributed by atoms with Gasteiger partial charge in [-0.15, -0.1) is 5.48 Å². The lowest BCUT2D eigenvalue weighted by Gasteiger charge is -2.11. The standard InChI is InChI=1S/C12H11F3N2O7/c13-12(14,15)10(20)23-24-11(21)17-22-9(19)8(16)5-6-1-3-7(18)4-2-6/h1-4,8,18H,5,16H2,(H,17,21)/t8-/m0/s1. The number of phenols is 1. The second kappa shape index (κ2) is 8.01. The third-order valence-corrected chi connectivity index (χ3v) is 2.35. The number of hydrogen-bond donors (Lipinski definition) is 3. The minimum absolute atomic E-state index is 0.00714. The van der Waals surface area contributed by atoms with Crippen LogP contribution in [-0.4, -0.2) is 35.4 Å². The Morgan fingerprint density at radius 3 is 2.29 bits per heavy atom. The summed E-state index contributed by atoms with van der Waals surface area (Å²) in [5.41, 5.74) is 7.35. The van der Waals surface area contributed by atoms with Gasteiger partial charge in [-0.05, 0) is 24.1 Å². The molecule has 0 unspecified atom stereocenters. The maximum absolute atomic E-state index is 11.7. The SMILES string of the molecule is N[C@@H](Cc1ccc(O)cc1)C(=O)ONC(=O)OOC(=O)C(F)(F)F. The van der Waals surface area contributed by atoms with E-state index < -0.39 is 30.2 Å². The minimum atomic E-state index is -5.36. The van der Waals surface area contributed by atoms with Crippen molar-refractivity contribution in [3.8, 4) is 5.75 Å². The molecular formula is C12H11F3N2O7. The highest BCUT2D eigenvalue weighted by molar-refractivity contribution is 5.78. The highest BCUT2D eigenvalue weighted by atomic mass is 19.4. The molecule has 0 saturated carbocycles. The Balaban J connectivity index is 2.35. The Morgan fingerprint density at radius 1 is 1.17 bits per heavy atom. The summed E-state index contributed by atoms with van der Waals surface area (Å²) >= 11 is 0. The Hall–Kier alpha value is -3.02. The maximum atomic E-state index is 11.7. The first kappa shape index (κ1) is 19.0. The van der Waals surface area contributed by atoms with Crippen LogP contribution >= 0.6 is 0 Å². The number of nitrogens with one attached hydrogen (secondary N) is 1. The van der Waals surface area contributed by atoms with Gasteiger partial charge in [-0.1, -0.05) is 12.1 Å². The molecule has 1 aromatic rings. The molecule has 4 N–H and O–H groups in total. The maximum Gasteiger partial charge on any atom is 0.495 e. The number of hydroxylamine groups is 1. The van der Waals surface area contributed by atoms with E-state index in [9.17, 15) is 27.6 Å². The van der Waals surface area contributed by atoms with Crippen molar-refractivity contribution < 1.29 is 47.3 Å². The Bertz CT molecular complexity index is 604. The van der Waals surface area contributed by atoms with E-state index in [1.54, 1.807) is 0 Å². The Morgan fingerprint density at radius 2 is 1.75 bits per heavy atom. The van der Waals surface area contributed by atoms with Crippen LogP contribution in [0.3, 0.4) is 0 Å². The van der Waals surface area contributed by atoms with Crippen LogP contribution in [0.4, 0.5) is 18.0 Å². The molecular weight excluding hydrogens is 341 g/mol. The lowest BCUT2D eigenvalue weighted by molar-refractivity contribution is -0.272. The number of rotatable bonds is 3. The third kappa shape index (κ3) is 6.39.